The normalized spacial score (nSPS) is 15.0. The number of amides is 1. The number of morpholine rings is 1. The molecule has 156 valence electrons. The fourth-order valence-corrected chi connectivity index (χ4v) is 4.56. The number of hydrogen-bond donors (Lipinski definition) is 1. The molecular weight excluding hydrogens is 396 g/mol. The van der Waals surface area contributed by atoms with Crippen LogP contribution in [0.4, 0.5) is 0 Å². The fraction of sp³-hybridized carbons (Fsp3) is 0.350. The molecule has 0 unspecified atom stereocenters. The van der Waals surface area contributed by atoms with Gasteiger partial charge in [0.2, 0.25) is 10.0 Å². The molecule has 0 aromatic heterocycles. The van der Waals surface area contributed by atoms with Crippen LogP contribution in [0.1, 0.15) is 15.9 Å². The molecule has 0 bridgehead atoms. The fourth-order valence-electron chi connectivity index (χ4n) is 2.97. The van der Waals surface area contributed by atoms with E-state index in [1.807, 2.05) is 24.3 Å². The van der Waals surface area contributed by atoms with Gasteiger partial charge in [0.25, 0.3) is 5.91 Å². The van der Waals surface area contributed by atoms with Crippen molar-refractivity contribution in [3.63, 3.8) is 0 Å². The van der Waals surface area contributed by atoms with Crippen molar-refractivity contribution in [3.8, 4) is 11.5 Å². The Morgan fingerprint density at radius 2 is 1.76 bits per heavy atom. The maximum absolute atomic E-state index is 13.0. The second kappa shape index (κ2) is 9.25. The van der Waals surface area contributed by atoms with Crippen LogP contribution in [0.15, 0.2) is 47.4 Å². The Labute approximate surface area is 170 Å². The van der Waals surface area contributed by atoms with Crippen molar-refractivity contribution in [2.45, 2.75) is 11.4 Å². The van der Waals surface area contributed by atoms with Crippen molar-refractivity contribution >= 4 is 15.9 Å². The van der Waals surface area contributed by atoms with Crippen LogP contribution in [0, 0.1) is 0 Å². The molecule has 1 amide bonds. The zero-order chi connectivity index (χ0) is 20.9. The van der Waals surface area contributed by atoms with Crippen LogP contribution in [0.25, 0.3) is 0 Å². The summed E-state index contributed by atoms with van der Waals surface area (Å²) in [5.74, 6) is 0.554. The Bertz CT molecular complexity index is 953. The standard InChI is InChI=1S/C20H24N2O6S/c1-26-17-6-3-15(4-7-17)14-21-20(23)16-5-8-18(27-2)19(13-16)29(24,25)22-9-11-28-12-10-22/h3-8,13H,9-12,14H2,1-2H3,(H,21,23). The van der Waals surface area contributed by atoms with E-state index in [9.17, 15) is 13.2 Å². The third kappa shape index (κ3) is 4.87. The number of carbonyl (C=O) groups excluding carboxylic acids is 1. The molecule has 0 saturated carbocycles. The van der Waals surface area contributed by atoms with E-state index in [0.717, 1.165) is 11.3 Å². The zero-order valence-electron chi connectivity index (χ0n) is 16.4. The predicted molar refractivity (Wildman–Crippen MR) is 107 cm³/mol. The summed E-state index contributed by atoms with van der Waals surface area (Å²) < 4.78 is 43.0. The summed E-state index contributed by atoms with van der Waals surface area (Å²) in [6, 6.07) is 11.7. The molecule has 0 aliphatic carbocycles. The number of carbonyl (C=O) groups is 1. The summed E-state index contributed by atoms with van der Waals surface area (Å²) >= 11 is 0. The summed E-state index contributed by atoms with van der Waals surface area (Å²) in [5, 5.41) is 2.80. The van der Waals surface area contributed by atoms with E-state index in [1.165, 1.54) is 23.5 Å². The van der Waals surface area contributed by atoms with Gasteiger partial charge in [0.05, 0.1) is 27.4 Å². The molecule has 0 radical (unpaired) electrons. The smallest absolute Gasteiger partial charge is 0.251 e. The Kier molecular flexibility index (Phi) is 6.73. The molecule has 1 N–H and O–H groups in total. The highest BCUT2D eigenvalue weighted by molar-refractivity contribution is 7.89. The van der Waals surface area contributed by atoms with E-state index >= 15 is 0 Å². The van der Waals surface area contributed by atoms with Gasteiger partial charge in [0.1, 0.15) is 16.4 Å². The Hall–Kier alpha value is -2.62. The third-order valence-electron chi connectivity index (χ3n) is 4.63. The first-order valence-corrected chi connectivity index (χ1v) is 10.6. The first-order valence-electron chi connectivity index (χ1n) is 9.13. The lowest BCUT2D eigenvalue weighted by Crippen LogP contribution is -2.40. The quantitative estimate of drug-likeness (QED) is 0.732. The zero-order valence-corrected chi connectivity index (χ0v) is 17.2. The van der Waals surface area contributed by atoms with Crippen LogP contribution >= 0.6 is 0 Å². The van der Waals surface area contributed by atoms with Crippen molar-refractivity contribution in [1.29, 1.82) is 0 Å². The third-order valence-corrected chi connectivity index (χ3v) is 6.55. The van der Waals surface area contributed by atoms with Gasteiger partial charge in [-0.05, 0) is 35.9 Å². The van der Waals surface area contributed by atoms with Gasteiger partial charge in [-0.3, -0.25) is 4.79 Å². The minimum atomic E-state index is -3.80. The maximum Gasteiger partial charge on any atom is 0.251 e. The highest BCUT2D eigenvalue weighted by Gasteiger charge is 2.30. The van der Waals surface area contributed by atoms with Crippen LogP contribution in [-0.2, 0) is 21.3 Å². The molecule has 0 atom stereocenters. The van der Waals surface area contributed by atoms with E-state index < -0.39 is 10.0 Å². The van der Waals surface area contributed by atoms with Crippen LogP contribution in [-0.4, -0.2) is 59.2 Å². The average Bonchev–Trinajstić information content (AvgIpc) is 2.77. The SMILES string of the molecule is COc1ccc(CNC(=O)c2ccc(OC)c(S(=O)(=O)N3CCOCC3)c2)cc1. The maximum atomic E-state index is 13.0. The number of hydrogen-bond acceptors (Lipinski definition) is 6. The molecule has 1 fully saturated rings. The van der Waals surface area contributed by atoms with Gasteiger partial charge in [0.15, 0.2) is 0 Å². The Balaban J connectivity index is 1.78. The van der Waals surface area contributed by atoms with E-state index in [4.69, 9.17) is 14.2 Å². The summed E-state index contributed by atoms with van der Waals surface area (Å²) in [6.45, 7) is 1.51. The first-order chi connectivity index (χ1) is 14.0. The highest BCUT2D eigenvalue weighted by atomic mass is 32.2. The highest BCUT2D eigenvalue weighted by Crippen LogP contribution is 2.28. The Morgan fingerprint density at radius 1 is 1.07 bits per heavy atom. The van der Waals surface area contributed by atoms with E-state index in [2.05, 4.69) is 5.32 Å². The van der Waals surface area contributed by atoms with Gasteiger partial charge in [0, 0.05) is 25.2 Å². The number of rotatable bonds is 7. The monoisotopic (exact) mass is 420 g/mol. The molecule has 3 rings (SSSR count). The molecule has 1 aliphatic rings. The molecule has 1 aliphatic heterocycles. The van der Waals surface area contributed by atoms with E-state index in [-0.39, 0.29) is 35.2 Å². The minimum Gasteiger partial charge on any atom is -0.497 e. The van der Waals surface area contributed by atoms with E-state index in [0.29, 0.717) is 19.8 Å². The largest absolute Gasteiger partial charge is 0.497 e. The summed E-state index contributed by atoms with van der Waals surface area (Å²) in [5.41, 5.74) is 1.14. The molecule has 0 spiro atoms. The summed E-state index contributed by atoms with van der Waals surface area (Å²) in [4.78, 5) is 12.6. The molecule has 2 aromatic carbocycles. The predicted octanol–water partition coefficient (Wildman–Crippen LogP) is 1.65. The summed E-state index contributed by atoms with van der Waals surface area (Å²) in [7, 11) is -0.815. The summed E-state index contributed by atoms with van der Waals surface area (Å²) in [6.07, 6.45) is 0. The van der Waals surface area contributed by atoms with Gasteiger partial charge in [-0.1, -0.05) is 12.1 Å². The van der Waals surface area contributed by atoms with Crippen molar-refractivity contribution in [2.75, 3.05) is 40.5 Å². The Morgan fingerprint density at radius 3 is 2.38 bits per heavy atom. The van der Waals surface area contributed by atoms with Crippen molar-refractivity contribution < 1.29 is 27.4 Å². The number of nitrogens with one attached hydrogen (secondary N) is 1. The van der Waals surface area contributed by atoms with Crippen molar-refractivity contribution in [3.05, 3.63) is 53.6 Å². The number of ether oxygens (including phenoxy) is 3. The second-order valence-corrected chi connectivity index (χ2v) is 8.32. The molecule has 29 heavy (non-hydrogen) atoms. The number of sulfonamides is 1. The van der Waals surface area contributed by atoms with Crippen molar-refractivity contribution in [2.24, 2.45) is 0 Å². The molecule has 9 heteroatoms. The lowest BCUT2D eigenvalue weighted by Gasteiger charge is -2.26. The van der Waals surface area contributed by atoms with Crippen molar-refractivity contribution in [1.82, 2.24) is 9.62 Å². The number of nitrogens with zero attached hydrogens (tertiary/aromatic N) is 1. The van der Waals surface area contributed by atoms with Crippen LogP contribution < -0.4 is 14.8 Å². The van der Waals surface area contributed by atoms with Gasteiger partial charge in [-0.25, -0.2) is 8.42 Å². The molecular formula is C20H24N2O6S. The van der Waals surface area contributed by atoms with Gasteiger partial charge in [-0.15, -0.1) is 0 Å². The second-order valence-electron chi connectivity index (χ2n) is 6.41. The minimum absolute atomic E-state index is 0.0287. The lowest BCUT2D eigenvalue weighted by atomic mass is 10.2. The van der Waals surface area contributed by atoms with E-state index in [1.54, 1.807) is 13.2 Å². The molecule has 1 heterocycles. The van der Waals surface area contributed by atoms with Gasteiger partial charge >= 0.3 is 0 Å². The van der Waals surface area contributed by atoms with Gasteiger partial charge < -0.3 is 19.5 Å². The van der Waals surface area contributed by atoms with Gasteiger partial charge in [-0.2, -0.15) is 4.31 Å². The van der Waals surface area contributed by atoms with Crippen LogP contribution in [0.3, 0.4) is 0 Å². The van der Waals surface area contributed by atoms with Crippen LogP contribution in [0.2, 0.25) is 0 Å². The topological polar surface area (TPSA) is 94.2 Å². The number of benzene rings is 2. The number of methoxy groups -OCH3 is 2. The molecule has 2 aromatic rings. The molecule has 1 saturated heterocycles. The lowest BCUT2D eigenvalue weighted by molar-refractivity contribution is 0.0729. The first kappa shape index (κ1) is 21.1. The van der Waals surface area contributed by atoms with Crippen LogP contribution in [0.5, 0.6) is 11.5 Å². The molecule has 8 nitrogen and oxygen atoms in total. The average molecular weight is 420 g/mol.